The number of rotatable bonds is 4. The van der Waals surface area contributed by atoms with Crippen LogP contribution in [-0.4, -0.2) is 89.6 Å². The first-order chi connectivity index (χ1) is 13.5. The van der Waals surface area contributed by atoms with Crippen LogP contribution in [0.2, 0.25) is 0 Å². The second kappa shape index (κ2) is 9.39. The van der Waals surface area contributed by atoms with E-state index in [1.165, 1.54) is 0 Å². The van der Waals surface area contributed by atoms with Crippen molar-refractivity contribution in [1.29, 1.82) is 0 Å². The van der Waals surface area contributed by atoms with Crippen molar-refractivity contribution in [2.75, 3.05) is 45.9 Å². The van der Waals surface area contributed by atoms with E-state index >= 15 is 0 Å². The van der Waals surface area contributed by atoms with Crippen molar-refractivity contribution in [2.24, 2.45) is 0 Å². The number of hydrogen-bond acceptors (Lipinski definition) is 5. The summed E-state index contributed by atoms with van der Waals surface area (Å²) in [5.74, 6) is 0.788. The molecule has 0 unspecified atom stereocenters. The number of ether oxygens (including phenoxy) is 1. The van der Waals surface area contributed by atoms with E-state index in [-0.39, 0.29) is 24.5 Å². The highest BCUT2D eigenvalue weighted by molar-refractivity contribution is 5.77. The van der Waals surface area contributed by atoms with Crippen molar-refractivity contribution in [3.05, 3.63) is 29.8 Å². The highest BCUT2D eigenvalue weighted by atomic mass is 16.5. The first-order valence-corrected chi connectivity index (χ1v) is 10.1. The van der Waals surface area contributed by atoms with E-state index in [9.17, 15) is 14.7 Å². The molecule has 0 aliphatic carbocycles. The Bertz CT molecular complexity index is 688. The van der Waals surface area contributed by atoms with Gasteiger partial charge in [-0.15, -0.1) is 0 Å². The molecule has 0 saturated carbocycles. The Balaban J connectivity index is 1.51. The van der Waals surface area contributed by atoms with Gasteiger partial charge in [0.15, 0.2) is 6.61 Å². The van der Waals surface area contributed by atoms with Gasteiger partial charge in [0.25, 0.3) is 5.91 Å². The summed E-state index contributed by atoms with van der Waals surface area (Å²) in [6, 6.07) is 7.69. The van der Waals surface area contributed by atoms with Gasteiger partial charge >= 0.3 is 0 Å². The average Bonchev–Trinajstić information content (AvgIpc) is 2.89. The van der Waals surface area contributed by atoms with Gasteiger partial charge in [0.1, 0.15) is 5.75 Å². The smallest absolute Gasteiger partial charge is 0.260 e. The summed E-state index contributed by atoms with van der Waals surface area (Å²) in [4.78, 5) is 30.0. The van der Waals surface area contributed by atoms with Gasteiger partial charge in [0.05, 0.1) is 6.10 Å². The van der Waals surface area contributed by atoms with Gasteiger partial charge < -0.3 is 19.6 Å². The molecule has 7 nitrogen and oxygen atoms in total. The van der Waals surface area contributed by atoms with Gasteiger partial charge in [-0.2, -0.15) is 0 Å². The highest BCUT2D eigenvalue weighted by Crippen LogP contribution is 2.20. The SMILES string of the molecule is CC(=O)N1CCN([C@H]2CCN(C(=O)COc3ccccc3C)CC[C@@H]2O)CC1. The van der Waals surface area contributed by atoms with Crippen LogP contribution in [0.1, 0.15) is 25.3 Å². The normalized spacial score (nSPS) is 24.0. The van der Waals surface area contributed by atoms with E-state index in [1.54, 1.807) is 11.8 Å². The fourth-order valence-corrected chi connectivity index (χ4v) is 4.07. The number of piperazine rings is 1. The number of para-hydroxylation sites is 1. The van der Waals surface area contributed by atoms with Gasteiger partial charge in [-0.05, 0) is 31.4 Å². The molecule has 2 amide bonds. The summed E-state index contributed by atoms with van der Waals surface area (Å²) < 4.78 is 5.70. The van der Waals surface area contributed by atoms with Crippen molar-refractivity contribution < 1.29 is 19.4 Å². The second-order valence-electron chi connectivity index (χ2n) is 7.69. The quantitative estimate of drug-likeness (QED) is 0.828. The molecule has 1 aromatic carbocycles. The Morgan fingerprint density at radius 1 is 1.04 bits per heavy atom. The van der Waals surface area contributed by atoms with E-state index in [4.69, 9.17) is 4.74 Å². The third-order valence-corrected chi connectivity index (χ3v) is 5.86. The van der Waals surface area contributed by atoms with Crippen LogP contribution < -0.4 is 4.74 Å². The number of aliphatic hydroxyl groups is 1. The van der Waals surface area contributed by atoms with Crippen molar-refractivity contribution in [3.63, 3.8) is 0 Å². The Morgan fingerprint density at radius 2 is 1.71 bits per heavy atom. The number of likely N-dealkylation sites (tertiary alicyclic amines) is 1. The number of aliphatic hydroxyl groups excluding tert-OH is 1. The van der Waals surface area contributed by atoms with Crippen molar-refractivity contribution >= 4 is 11.8 Å². The summed E-state index contributed by atoms with van der Waals surface area (Å²) in [6.45, 7) is 7.67. The lowest BCUT2D eigenvalue weighted by Gasteiger charge is -2.40. The molecule has 28 heavy (non-hydrogen) atoms. The van der Waals surface area contributed by atoms with E-state index in [1.807, 2.05) is 36.1 Å². The zero-order chi connectivity index (χ0) is 20.1. The molecule has 0 radical (unpaired) electrons. The third kappa shape index (κ3) is 5.02. The van der Waals surface area contributed by atoms with Crippen LogP contribution in [0.3, 0.4) is 0 Å². The van der Waals surface area contributed by atoms with Crippen LogP contribution in [0.15, 0.2) is 24.3 Å². The predicted octanol–water partition coefficient (Wildman–Crippen LogP) is 0.890. The summed E-state index contributed by atoms with van der Waals surface area (Å²) in [5, 5.41) is 10.6. The van der Waals surface area contributed by atoms with Crippen LogP contribution in [0, 0.1) is 6.92 Å². The second-order valence-corrected chi connectivity index (χ2v) is 7.69. The zero-order valence-corrected chi connectivity index (χ0v) is 16.8. The lowest BCUT2D eigenvalue weighted by atomic mass is 10.0. The minimum atomic E-state index is -0.459. The summed E-state index contributed by atoms with van der Waals surface area (Å²) in [7, 11) is 0. The topological polar surface area (TPSA) is 73.3 Å². The molecule has 0 aromatic heterocycles. The highest BCUT2D eigenvalue weighted by Gasteiger charge is 2.33. The predicted molar refractivity (Wildman–Crippen MR) is 106 cm³/mol. The maximum Gasteiger partial charge on any atom is 0.260 e. The molecule has 2 heterocycles. The van der Waals surface area contributed by atoms with Crippen molar-refractivity contribution in [2.45, 2.75) is 38.8 Å². The third-order valence-electron chi connectivity index (χ3n) is 5.86. The van der Waals surface area contributed by atoms with Crippen LogP contribution in [0.4, 0.5) is 0 Å². The molecule has 2 aliphatic rings. The maximum absolute atomic E-state index is 12.6. The van der Waals surface area contributed by atoms with E-state index < -0.39 is 6.10 Å². The van der Waals surface area contributed by atoms with Crippen LogP contribution >= 0.6 is 0 Å². The monoisotopic (exact) mass is 389 g/mol. The largest absolute Gasteiger partial charge is 0.484 e. The fourth-order valence-electron chi connectivity index (χ4n) is 4.07. The number of aryl methyl sites for hydroxylation is 1. The van der Waals surface area contributed by atoms with Gasteiger partial charge in [-0.1, -0.05) is 18.2 Å². The van der Waals surface area contributed by atoms with Gasteiger partial charge in [-0.25, -0.2) is 0 Å². The first kappa shape index (κ1) is 20.6. The van der Waals surface area contributed by atoms with E-state index in [0.29, 0.717) is 32.6 Å². The fraction of sp³-hybridized carbons (Fsp3) is 0.619. The lowest BCUT2D eigenvalue weighted by Crippen LogP contribution is -2.54. The number of carbonyl (C=O) groups excluding carboxylic acids is 2. The van der Waals surface area contributed by atoms with Crippen molar-refractivity contribution in [1.82, 2.24) is 14.7 Å². The Morgan fingerprint density at radius 3 is 2.39 bits per heavy atom. The average molecular weight is 389 g/mol. The Labute approximate surface area is 166 Å². The molecule has 3 rings (SSSR count). The molecule has 154 valence electrons. The zero-order valence-electron chi connectivity index (χ0n) is 16.8. The number of nitrogens with zero attached hydrogens (tertiary/aromatic N) is 3. The first-order valence-electron chi connectivity index (χ1n) is 10.1. The van der Waals surface area contributed by atoms with Crippen LogP contribution in [-0.2, 0) is 9.59 Å². The molecule has 1 aromatic rings. The summed E-state index contributed by atoms with van der Waals surface area (Å²) in [6.07, 6.45) is 0.837. The van der Waals surface area contributed by atoms with Crippen molar-refractivity contribution in [3.8, 4) is 5.75 Å². The van der Waals surface area contributed by atoms with Crippen LogP contribution in [0.25, 0.3) is 0 Å². The number of benzene rings is 1. The van der Waals surface area contributed by atoms with Gasteiger partial charge in [0.2, 0.25) is 5.91 Å². The molecule has 0 bridgehead atoms. The molecular weight excluding hydrogens is 358 g/mol. The minimum absolute atomic E-state index is 0.0168. The molecular formula is C21H31N3O4. The van der Waals surface area contributed by atoms with Gasteiger partial charge in [0, 0.05) is 52.2 Å². The number of amides is 2. The van der Waals surface area contributed by atoms with E-state index in [0.717, 1.165) is 30.8 Å². The molecule has 7 heteroatoms. The standard InChI is InChI=1S/C21H31N3O4/c1-16-5-3-4-6-20(16)28-15-21(27)24-9-7-18(19(26)8-10-24)23-13-11-22(12-14-23)17(2)25/h3-6,18-19,26H,7-15H2,1-2H3/t18-,19-/m0/s1. The van der Waals surface area contributed by atoms with Gasteiger partial charge in [-0.3, -0.25) is 14.5 Å². The number of carbonyl (C=O) groups is 2. The van der Waals surface area contributed by atoms with Crippen LogP contribution in [0.5, 0.6) is 5.75 Å². The Hall–Kier alpha value is -2.12. The molecule has 1 N–H and O–H groups in total. The molecule has 2 fully saturated rings. The maximum atomic E-state index is 12.6. The molecule has 2 aliphatic heterocycles. The Kier molecular flexibility index (Phi) is 6.91. The summed E-state index contributed by atoms with van der Waals surface area (Å²) >= 11 is 0. The lowest BCUT2D eigenvalue weighted by molar-refractivity contribution is -0.133. The molecule has 0 spiro atoms. The molecule has 2 saturated heterocycles. The summed E-state index contributed by atoms with van der Waals surface area (Å²) in [5.41, 5.74) is 1.01. The minimum Gasteiger partial charge on any atom is -0.484 e. The molecule has 2 atom stereocenters. The van der Waals surface area contributed by atoms with E-state index in [2.05, 4.69) is 4.90 Å². The number of hydrogen-bond donors (Lipinski definition) is 1.